The Labute approximate surface area is 320 Å². The molecule has 0 radical (unpaired) electrons. The third-order valence-electron chi connectivity index (χ3n) is 11.1. The lowest BCUT2D eigenvalue weighted by Crippen LogP contribution is -2.63. The average Bonchev–Trinajstić information content (AvgIpc) is 3.03. The van der Waals surface area contributed by atoms with Crippen molar-refractivity contribution in [2.24, 2.45) is 0 Å². The van der Waals surface area contributed by atoms with Crippen molar-refractivity contribution >= 4 is 0 Å². The Morgan fingerprint density at radius 1 is 0.604 bits per heavy atom. The van der Waals surface area contributed by atoms with Crippen LogP contribution in [0.1, 0.15) is 106 Å². The van der Waals surface area contributed by atoms with Crippen LogP contribution in [0.5, 0.6) is 11.5 Å². The maximum Gasteiger partial charge on any atom is 0.119 e. The van der Waals surface area contributed by atoms with Crippen molar-refractivity contribution in [1.29, 1.82) is 0 Å². The molecule has 0 aromatic heterocycles. The minimum absolute atomic E-state index is 0.0246. The van der Waals surface area contributed by atoms with Gasteiger partial charge in [-0.05, 0) is 116 Å². The molecule has 2 aliphatic rings. The molecule has 6 N–H and O–H groups in total. The van der Waals surface area contributed by atoms with Crippen LogP contribution in [0.15, 0.2) is 48.5 Å². The molecule has 2 unspecified atom stereocenters. The third-order valence-corrected chi connectivity index (χ3v) is 11.1. The first-order chi connectivity index (χ1) is 24.6. The zero-order valence-corrected chi connectivity index (χ0v) is 34.4. The molecule has 4 rings (SSSR count). The van der Waals surface area contributed by atoms with Crippen molar-refractivity contribution in [2.75, 3.05) is 52.6 Å². The van der Waals surface area contributed by atoms with Crippen molar-refractivity contribution < 1.29 is 29.9 Å². The minimum Gasteiger partial charge on any atom is -0.491 e. The van der Waals surface area contributed by atoms with E-state index in [1.54, 1.807) is 0 Å². The monoisotopic (exact) mass is 741 g/mol. The van der Waals surface area contributed by atoms with Gasteiger partial charge in [-0.2, -0.15) is 0 Å². The predicted molar refractivity (Wildman–Crippen MR) is 214 cm³/mol. The molecule has 0 saturated carbocycles. The Hall–Kier alpha value is -2.28. The number of hydrogen-bond acceptors (Lipinski definition) is 10. The summed E-state index contributed by atoms with van der Waals surface area (Å²) in [5.41, 5.74) is 1.89. The van der Waals surface area contributed by atoms with E-state index in [2.05, 4.69) is 114 Å². The molecule has 0 bridgehead atoms. The summed E-state index contributed by atoms with van der Waals surface area (Å²) in [5, 5.41) is 48.9. The molecule has 2 fully saturated rings. The fraction of sp³-hybridized carbons (Fsp3) is 0.721. The van der Waals surface area contributed by atoms with Crippen LogP contribution in [0.3, 0.4) is 0 Å². The van der Waals surface area contributed by atoms with Crippen LogP contribution in [0.4, 0.5) is 0 Å². The van der Waals surface area contributed by atoms with Gasteiger partial charge in [0.25, 0.3) is 0 Å². The quantitative estimate of drug-likeness (QED) is 0.128. The van der Waals surface area contributed by atoms with Gasteiger partial charge in [0.15, 0.2) is 0 Å². The van der Waals surface area contributed by atoms with Crippen molar-refractivity contribution in [3.8, 4) is 11.5 Å². The van der Waals surface area contributed by atoms with E-state index in [0.29, 0.717) is 37.7 Å². The number of aliphatic hydroxyl groups is 4. The normalized spacial score (nSPS) is 21.4. The molecule has 2 aliphatic heterocycles. The Balaban J connectivity index is 1.28. The van der Waals surface area contributed by atoms with Crippen LogP contribution in [-0.4, -0.2) is 129 Å². The molecule has 53 heavy (non-hydrogen) atoms. The summed E-state index contributed by atoms with van der Waals surface area (Å²) in [4.78, 5) is 4.43. The van der Waals surface area contributed by atoms with E-state index in [0.717, 1.165) is 36.8 Å². The largest absolute Gasteiger partial charge is 0.491 e. The van der Waals surface area contributed by atoms with E-state index in [9.17, 15) is 20.4 Å². The van der Waals surface area contributed by atoms with E-state index >= 15 is 0 Å². The zero-order chi connectivity index (χ0) is 39.2. The van der Waals surface area contributed by atoms with Gasteiger partial charge in [0.05, 0.1) is 13.2 Å². The smallest absolute Gasteiger partial charge is 0.119 e. The van der Waals surface area contributed by atoms with Gasteiger partial charge in [-0.1, -0.05) is 38.1 Å². The molecule has 10 heteroatoms. The summed E-state index contributed by atoms with van der Waals surface area (Å²) in [7, 11) is 0. The first-order valence-electron chi connectivity index (χ1n) is 19.7. The van der Waals surface area contributed by atoms with Gasteiger partial charge in [0, 0.05) is 65.8 Å². The van der Waals surface area contributed by atoms with Gasteiger partial charge < -0.3 is 40.5 Å². The number of nitrogens with one attached hydrogen (secondary N) is 2. The lowest BCUT2D eigenvalue weighted by atomic mass is 9.78. The summed E-state index contributed by atoms with van der Waals surface area (Å²) in [6.07, 6.45) is 2.41. The van der Waals surface area contributed by atoms with Crippen LogP contribution in [0.25, 0.3) is 0 Å². The van der Waals surface area contributed by atoms with Crippen molar-refractivity contribution in [2.45, 2.75) is 147 Å². The summed E-state index contributed by atoms with van der Waals surface area (Å²) in [6, 6.07) is 16.6. The van der Waals surface area contributed by atoms with E-state index in [-0.39, 0.29) is 66.1 Å². The molecule has 0 amide bonds. The Morgan fingerprint density at radius 3 is 1.19 bits per heavy atom. The summed E-state index contributed by atoms with van der Waals surface area (Å²) < 4.78 is 12.1. The summed E-state index contributed by atoms with van der Waals surface area (Å²) >= 11 is 0. The van der Waals surface area contributed by atoms with Crippen molar-refractivity contribution in [3.63, 3.8) is 0 Å². The fourth-order valence-corrected chi connectivity index (χ4v) is 9.29. The maximum absolute atomic E-state index is 11.0. The molecule has 2 atom stereocenters. The molecule has 2 heterocycles. The first kappa shape index (κ1) is 43.4. The number of piperidine rings is 2. The number of rotatable bonds is 18. The zero-order valence-electron chi connectivity index (χ0n) is 34.4. The number of ether oxygens (including phenoxy) is 2. The number of aliphatic hydroxyl groups excluding tert-OH is 4. The van der Waals surface area contributed by atoms with Crippen LogP contribution in [-0.2, 0) is 5.41 Å². The second-order valence-corrected chi connectivity index (χ2v) is 19.0. The summed E-state index contributed by atoms with van der Waals surface area (Å²) in [6.45, 7) is 24.5. The average molecular weight is 741 g/mol. The fourth-order valence-electron chi connectivity index (χ4n) is 9.29. The molecule has 300 valence electrons. The van der Waals surface area contributed by atoms with Gasteiger partial charge in [0.2, 0.25) is 0 Å². The van der Waals surface area contributed by atoms with Crippen molar-refractivity contribution in [1.82, 2.24) is 20.4 Å². The molecule has 0 spiro atoms. The molecule has 2 saturated heterocycles. The lowest BCUT2D eigenvalue weighted by molar-refractivity contribution is 0.0101. The Morgan fingerprint density at radius 2 is 0.906 bits per heavy atom. The van der Waals surface area contributed by atoms with Crippen LogP contribution < -0.4 is 20.1 Å². The second-order valence-electron chi connectivity index (χ2n) is 19.0. The molecular weight excluding hydrogens is 668 g/mol. The highest BCUT2D eigenvalue weighted by atomic mass is 16.5. The molecule has 10 nitrogen and oxygen atoms in total. The van der Waals surface area contributed by atoms with Gasteiger partial charge in [-0.25, -0.2) is 0 Å². The standard InChI is InChI=1S/C43H72N4O6/c1-39(2)23-33(24-40(3,4)44-39)46(19-21-48)27-35(50)29-52-37-15-11-31(12-16-37)43(9,10)32-13-17-38(18-14-32)53-30-36(51)28-47(20-22-49)34-25-41(5,6)45-42(7,8)26-34/h11-18,33-36,44-45,48-51H,19-30H2,1-10H3. The van der Waals surface area contributed by atoms with Gasteiger partial charge in [-0.3, -0.25) is 9.80 Å². The van der Waals surface area contributed by atoms with E-state index in [1.807, 2.05) is 24.3 Å². The predicted octanol–water partition coefficient (Wildman–Crippen LogP) is 4.70. The Bertz CT molecular complexity index is 1270. The number of benzene rings is 2. The van der Waals surface area contributed by atoms with Gasteiger partial charge >= 0.3 is 0 Å². The van der Waals surface area contributed by atoms with E-state index < -0.39 is 12.2 Å². The number of nitrogens with zero attached hydrogens (tertiary/aromatic N) is 2. The van der Waals surface area contributed by atoms with Crippen LogP contribution >= 0.6 is 0 Å². The van der Waals surface area contributed by atoms with E-state index in [1.165, 1.54) is 0 Å². The third kappa shape index (κ3) is 12.9. The van der Waals surface area contributed by atoms with Crippen molar-refractivity contribution in [3.05, 3.63) is 59.7 Å². The molecule has 2 aromatic rings. The Kier molecular flexibility index (Phi) is 14.5. The first-order valence-corrected chi connectivity index (χ1v) is 19.7. The van der Waals surface area contributed by atoms with E-state index in [4.69, 9.17) is 9.47 Å². The highest BCUT2D eigenvalue weighted by molar-refractivity contribution is 5.41. The van der Waals surface area contributed by atoms with Crippen LogP contribution in [0, 0.1) is 0 Å². The second kappa shape index (κ2) is 17.7. The van der Waals surface area contributed by atoms with Crippen LogP contribution in [0.2, 0.25) is 0 Å². The number of hydrogen-bond donors (Lipinski definition) is 6. The maximum atomic E-state index is 11.0. The van der Waals surface area contributed by atoms with Gasteiger partial charge in [0.1, 0.15) is 36.9 Å². The summed E-state index contributed by atoms with van der Waals surface area (Å²) in [5.74, 6) is 1.41. The highest BCUT2D eigenvalue weighted by Gasteiger charge is 2.41. The molecule has 2 aromatic carbocycles. The molecular formula is C43H72N4O6. The highest BCUT2D eigenvalue weighted by Crippen LogP contribution is 2.35. The molecule has 0 aliphatic carbocycles. The SMILES string of the molecule is CC1(C)CC(N(CCO)CC(O)COc2ccc(C(C)(C)c3ccc(OCC(O)CN(CCO)C4CC(C)(C)NC(C)(C)C4)cc3)cc2)CC(C)(C)N1. The minimum atomic E-state index is -0.686. The topological polar surface area (TPSA) is 130 Å². The van der Waals surface area contributed by atoms with Gasteiger partial charge in [-0.15, -0.1) is 0 Å². The lowest BCUT2D eigenvalue weighted by Gasteiger charge is -2.50.